The second-order valence-electron chi connectivity index (χ2n) is 9.17. The maximum atomic E-state index is 15.0. The van der Waals surface area contributed by atoms with Crippen molar-refractivity contribution in [1.82, 2.24) is 0 Å². The quantitative estimate of drug-likeness (QED) is 0.326. The Morgan fingerprint density at radius 2 is 1.18 bits per heavy atom. The van der Waals surface area contributed by atoms with E-state index in [2.05, 4.69) is 6.92 Å². The summed E-state index contributed by atoms with van der Waals surface area (Å²) in [5, 5.41) is 0. The molecule has 1 fully saturated rings. The third-order valence-corrected chi connectivity index (χ3v) is 7.15. The number of aryl methyl sites for hydroxylation is 1. The predicted octanol–water partition coefficient (Wildman–Crippen LogP) is 9.21. The zero-order valence-electron chi connectivity index (χ0n) is 19.2. The van der Waals surface area contributed by atoms with E-state index in [0.29, 0.717) is 34.6 Å². The molecular weight excluding hydrogens is 424 g/mol. The lowest BCUT2D eigenvalue weighted by Gasteiger charge is -2.29. The Bertz CT molecular complexity index is 1110. The number of rotatable bonds is 6. The van der Waals surface area contributed by atoms with Gasteiger partial charge in [0.15, 0.2) is 23.3 Å². The average Bonchev–Trinajstić information content (AvgIpc) is 2.84. The van der Waals surface area contributed by atoms with Crippen LogP contribution < -0.4 is 0 Å². The lowest BCUT2D eigenvalue weighted by molar-refractivity contribution is 0.303. The molecule has 0 aliphatic heterocycles. The molecule has 3 aromatic rings. The maximum Gasteiger partial charge on any atom is 0.166 e. The molecule has 4 heteroatoms. The van der Waals surface area contributed by atoms with E-state index in [0.717, 1.165) is 32.1 Å². The molecule has 0 unspecified atom stereocenters. The summed E-state index contributed by atoms with van der Waals surface area (Å²) in [6.45, 7) is 3.95. The molecule has 3 aromatic carbocycles. The normalized spacial score (nSPS) is 18.5. The van der Waals surface area contributed by atoms with E-state index in [4.69, 9.17) is 0 Å². The lowest BCUT2D eigenvalue weighted by Crippen LogP contribution is -2.14. The smallest absolute Gasteiger partial charge is 0.166 e. The second kappa shape index (κ2) is 10.1. The van der Waals surface area contributed by atoms with Crippen molar-refractivity contribution in [2.75, 3.05) is 0 Å². The highest BCUT2D eigenvalue weighted by Crippen LogP contribution is 2.40. The molecule has 0 amide bonds. The van der Waals surface area contributed by atoms with Gasteiger partial charge < -0.3 is 0 Å². The minimum absolute atomic E-state index is 0.0630. The van der Waals surface area contributed by atoms with Crippen LogP contribution in [0, 0.1) is 29.2 Å². The van der Waals surface area contributed by atoms with Gasteiger partial charge in [-0.3, -0.25) is 0 Å². The first kappa shape index (κ1) is 23.5. The minimum Gasteiger partial charge on any atom is -0.203 e. The topological polar surface area (TPSA) is 0 Å². The minimum atomic E-state index is -0.891. The predicted molar refractivity (Wildman–Crippen MR) is 126 cm³/mol. The largest absolute Gasteiger partial charge is 0.203 e. The van der Waals surface area contributed by atoms with Crippen LogP contribution in [0.1, 0.15) is 69.4 Å². The first-order chi connectivity index (χ1) is 15.9. The number of halogens is 4. The Labute approximate surface area is 193 Å². The van der Waals surface area contributed by atoms with E-state index in [-0.39, 0.29) is 17.0 Å². The summed E-state index contributed by atoms with van der Waals surface area (Å²) in [7, 11) is 0. The van der Waals surface area contributed by atoms with Crippen LogP contribution in [0.25, 0.3) is 22.3 Å². The third-order valence-electron chi connectivity index (χ3n) is 7.15. The van der Waals surface area contributed by atoms with Crippen LogP contribution in [0.5, 0.6) is 0 Å². The highest BCUT2D eigenvalue weighted by Gasteiger charge is 2.26. The fraction of sp³-hybridized carbons (Fsp3) is 0.379. The van der Waals surface area contributed by atoms with E-state index >= 15 is 8.78 Å². The molecule has 0 aromatic heterocycles. The van der Waals surface area contributed by atoms with Crippen LogP contribution in [0.4, 0.5) is 17.6 Å². The summed E-state index contributed by atoms with van der Waals surface area (Å²) in [6, 6.07) is 12.9. The number of hydrogen-bond acceptors (Lipinski definition) is 0. The molecule has 1 aliphatic rings. The van der Waals surface area contributed by atoms with E-state index in [1.807, 2.05) is 0 Å². The Hall–Kier alpha value is -2.62. The third kappa shape index (κ3) is 4.71. The molecular formula is C29H30F4. The number of benzene rings is 3. The van der Waals surface area contributed by atoms with Gasteiger partial charge in [0, 0.05) is 11.1 Å². The molecule has 0 bridgehead atoms. The highest BCUT2D eigenvalue weighted by molar-refractivity contribution is 5.71. The van der Waals surface area contributed by atoms with Crippen molar-refractivity contribution in [3.63, 3.8) is 0 Å². The standard InChI is InChI=1S/C29H30F4/c1-3-5-18-6-8-20(9-7-18)24-16-17-25(29(33)28(24)32)22-12-10-21(11-13-22)23-15-14-19(4-2)26(30)27(23)31/h10-18,20H,3-9H2,1-2H3. The molecule has 1 saturated carbocycles. The van der Waals surface area contributed by atoms with E-state index in [1.54, 1.807) is 55.5 Å². The van der Waals surface area contributed by atoms with Crippen molar-refractivity contribution in [3.8, 4) is 22.3 Å². The highest BCUT2D eigenvalue weighted by atomic mass is 19.2. The van der Waals surface area contributed by atoms with Crippen molar-refractivity contribution >= 4 is 0 Å². The Morgan fingerprint density at radius 1 is 0.636 bits per heavy atom. The summed E-state index contributed by atoms with van der Waals surface area (Å²) in [4.78, 5) is 0. The van der Waals surface area contributed by atoms with Crippen LogP contribution in [0.2, 0.25) is 0 Å². The van der Waals surface area contributed by atoms with Crippen LogP contribution in [0.3, 0.4) is 0 Å². The summed E-state index contributed by atoms with van der Waals surface area (Å²) in [5.41, 5.74) is 2.10. The summed E-state index contributed by atoms with van der Waals surface area (Å²) in [5.74, 6) is -2.58. The van der Waals surface area contributed by atoms with Crippen LogP contribution >= 0.6 is 0 Å². The van der Waals surface area contributed by atoms with E-state index in [1.165, 1.54) is 6.42 Å². The van der Waals surface area contributed by atoms with Crippen molar-refractivity contribution in [2.24, 2.45) is 5.92 Å². The van der Waals surface area contributed by atoms with E-state index in [9.17, 15) is 8.78 Å². The van der Waals surface area contributed by atoms with Gasteiger partial charge in [-0.1, -0.05) is 75.2 Å². The van der Waals surface area contributed by atoms with Gasteiger partial charge in [-0.25, -0.2) is 17.6 Å². The van der Waals surface area contributed by atoms with Crippen LogP contribution in [0.15, 0.2) is 48.5 Å². The van der Waals surface area contributed by atoms with Gasteiger partial charge in [-0.05, 0) is 66.2 Å². The van der Waals surface area contributed by atoms with E-state index < -0.39 is 23.3 Å². The molecule has 0 spiro atoms. The molecule has 0 radical (unpaired) electrons. The molecule has 0 nitrogen and oxygen atoms in total. The van der Waals surface area contributed by atoms with Crippen molar-refractivity contribution < 1.29 is 17.6 Å². The molecule has 4 rings (SSSR count). The van der Waals surface area contributed by atoms with Crippen molar-refractivity contribution in [3.05, 3.63) is 82.9 Å². The average molecular weight is 455 g/mol. The molecule has 0 heterocycles. The first-order valence-corrected chi connectivity index (χ1v) is 12.0. The summed E-state index contributed by atoms with van der Waals surface area (Å²) in [6.07, 6.45) is 6.71. The maximum absolute atomic E-state index is 15.0. The Kier molecular flexibility index (Phi) is 7.21. The van der Waals surface area contributed by atoms with Crippen LogP contribution in [-0.4, -0.2) is 0 Å². The Morgan fingerprint density at radius 3 is 1.73 bits per heavy atom. The monoisotopic (exact) mass is 454 g/mol. The molecule has 0 saturated heterocycles. The Balaban J connectivity index is 1.57. The molecule has 0 atom stereocenters. The van der Waals surface area contributed by atoms with Gasteiger partial charge >= 0.3 is 0 Å². The lowest BCUT2D eigenvalue weighted by atomic mass is 9.77. The first-order valence-electron chi connectivity index (χ1n) is 12.0. The van der Waals surface area contributed by atoms with Gasteiger partial charge in [0.25, 0.3) is 0 Å². The fourth-order valence-electron chi connectivity index (χ4n) is 5.19. The van der Waals surface area contributed by atoms with Gasteiger partial charge in [0.2, 0.25) is 0 Å². The zero-order chi connectivity index (χ0) is 23.5. The SMILES string of the molecule is CCCC1CCC(c2ccc(-c3ccc(-c4ccc(CC)c(F)c4F)cc3)c(F)c2F)CC1. The molecule has 1 aliphatic carbocycles. The number of hydrogen-bond donors (Lipinski definition) is 0. The zero-order valence-corrected chi connectivity index (χ0v) is 19.2. The molecule has 0 N–H and O–H groups in total. The second-order valence-corrected chi connectivity index (χ2v) is 9.17. The van der Waals surface area contributed by atoms with Gasteiger partial charge in [0.1, 0.15) is 0 Å². The van der Waals surface area contributed by atoms with Crippen molar-refractivity contribution in [2.45, 2.75) is 64.7 Å². The fourth-order valence-corrected chi connectivity index (χ4v) is 5.19. The van der Waals surface area contributed by atoms with Gasteiger partial charge in [-0.2, -0.15) is 0 Å². The molecule has 33 heavy (non-hydrogen) atoms. The summed E-state index contributed by atoms with van der Waals surface area (Å²) < 4.78 is 58.7. The van der Waals surface area contributed by atoms with Gasteiger partial charge in [-0.15, -0.1) is 0 Å². The van der Waals surface area contributed by atoms with Crippen LogP contribution in [-0.2, 0) is 6.42 Å². The summed E-state index contributed by atoms with van der Waals surface area (Å²) >= 11 is 0. The molecule has 174 valence electrons. The van der Waals surface area contributed by atoms with Crippen molar-refractivity contribution in [1.29, 1.82) is 0 Å². The van der Waals surface area contributed by atoms with Gasteiger partial charge in [0.05, 0.1) is 0 Å².